The van der Waals surface area contributed by atoms with Crippen LogP contribution >= 0.6 is 0 Å². The summed E-state index contributed by atoms with van der Waals surface area (Å²) < 4.78 is 0. The maximum atomic E-state index is 11.8. The molecular formula is C15H14O2Zn. The fourth-order valence-corrected chi connectivity index (χ4v) is 1.44. The van der Waals surface area contributed by atoms with Crippen LogP contribution in [-0.2, 0) is 19.5 Å². The molecule has 0 N–H and O–H groups in total. The zero-order valence-electron chi connectivity index (χ0n) is 9.30. The monoisotopic (exact) mass is 290 g/mol. The predicted octanol–water partition coefficient (Wildman–Crippen LogP) is 3.39. The molecule has 0 saturated carbocycles. The van der Waals surface area contributed by atoms with Crippen LogP contribution in [0.2, 0.25) is 0 Å². The normalized spacial score (nSPS) is 8.67. The van der Waals surface area contributed by atoms with Gasteiger partial charge in [0.1, 0.15) is 0 Å². The molecule has 0 aromatic heterocycles. The van der Waals surface area contributed by atoms with Gasteiger partial charge in [0.05, 0.1) is 0 Å². The molecule has 0 heterocycles. The van der Waals surface area contributed by atoms with Gasteiger partial charge < -0.3 is 0 Å². The van der Waals surface area contributed by atoms with Crippen molar-refractivity contribution in [2.45, 2.75) is 7.43 Å². The van der Waals surface area contributed by atoms with Crippen LogP contribution in [0.3, 0.4) is 0 Å². The van der Waals surface area contributed by atoms with E-state index >= 15 is 0 Å². The van der Waals surface area contributed by atoms with Crippen molar-refractivity contribution >= 4 is 11.6 Å². The molecule has 0 amide bonds. The van der Waals surface area contributed by atoms with Gasteiger partial charge in [0, 0.05) is 30.6 Å². The molecule has 0 unspecified atom stereocenters. The van der Waals surface area contributed by atoms with E-state index in [1.807, 2.05) is 12.1 Å². The second kappa shape index (κ2) is 7.68. The Bertz CT molecular complexity index is 457. The van der Waals surface area contributed by atoms with Gasteiger partial charge in [0.25, 0.3) is 0 Å². The second-order valence-electron chi connectivity index (χ2n) is 3.39. The first-order valence-corrected chi connectivity index (χ1v) is 4.98. The summed E-state index contributed by atoms with van der Waals surface area (Å²) in [6, 6.07) is 17.2. The number of rotatable bonds is 3. The van der Waals surface area contributed by atoms with Gasteiger partial charge in [0.15, 0.2) is 0 Å². The summed E-state index contributed by atoms with van der Waals surface area (Å²) in [5.41, 5.74) is 0.854. The van der Waals surface area contributed by atoms with E-state index in [-0.39, 0.29) is 26.9 Å². The van der Waals surface area contributed by atoms with Crippen LogP contribution in [0.5, 0.6) is 0 Å². The van der Waals surface area contributed by atoms with Crippen molar-refractivity contribution in [3.05, 3.63) is 71.8 Å². The number of ketones is 2. The Morgan fingerprint density at radius 2 is 0.889 bits per heavy atom. The van der Waals surface area contributed by atoms with E-state index in [4.69, 9.17) is 0 Å². The SMILES string of the molecule is C.O=C(C(=O)c1ccccc1)c1ccccc1.[Zn]. The van der Waals surface area contributed by atoms with Gasteiger partial charge in [-0.25, -0.2) is 0 Å². The number of Topliss-reactive ketones (excluding diaryl/α,β-unsaturated/α-hetero) is 2. The van der Waals surface area contributed by atoms with E-state index in [9.17, 15) is 9.59 Å². The Labute approximate surface area is 120 Å². The first-order chi connectivity index (χ1) is 7.79. The molecule has 0 bridgehead atoms. The molecule has 2 rings (SSSR count). The van der Waals surface area contributed by atoms with E-state index in [2.05, 4.69) is 0 Å². The smallest absolute Gasteiger partial charge is 0.233 e. The Hall–Kier alpha value is -1.60. The van der Waals surface area contributed by atoms with Crippen molar-refractivity contribution in [3.63, 3.8) is 0 Å². The molecule has 0 atom stereocenters. The Kier molecular flexibility index (Phi) is 7.00. The summed E-state index contributed by atoms with van der Waals surface area (Å²) in [6.45, 7) is 0. The van der Waals surface area contributed by atoms with Gasteiger partial charge in [-0.15, -0.1) is 0 Å². The number of hydrogen-bond acceptors (Lipinski definition) is 2. The second-order valence-corrected chi connectivity index (χ2v) is 3.39. The topological polar surface area (TPSA) is 34.1 Å². The van der Waals surface area contributed by atoms with Crippen LogP contribution in [0.15, 0.2) is 60.7 Å². The molecule has 0 saturated heterocycles. The third-order valence-corrected chi connectivity index (χ3v) is 2.28. The average molecular weight is 292 g/mol. The number of hydrogen-bond donors (Lipinski definition) is 0. The van der Waals surface area contributed by atoms with Crippen LogP contribution in [0, 0.1) is 0 Å². The zero-order valence-corrected chi connectivity index (χ0v) is 12.3. The molecular weight excluding hydrogens is 278 g/mol. The maximum Gasteiger partial charge on any atom is 0.233 e. The van der Waals surface area contributed by atoms with Crippen LogP contribution in [-0.4, -0.2) is 11.6 Å². The molecule has 2 aromatic rings. The predicted molar refractivity (Wildman–Crippen MR) is 68.3 cm³/mol. The van der Waals surface area contributed by atoms with Gasteiger partial charge >= 0.3 is 0 Å². The van der Waals surface area contributed by atoms with Gasteiger partial charge in [-0.3, -0.25) is 9.59 Å². The van der Waals surface area contributed by atoms with E-state index < -0.39 is 11.6 Å². The minimum Gasteiger partial charge on any atom is -0.285 e. The number of carbonyl (C=O) groups excluding carboxylic acids is 2. The van der Waals surface area contributed by atoms with Crippen LogP contribution < -0.4 is 0 Å². The van der Waals surface area contributed by atoms with Crippen molar-refractivity contribution in [1.82, 2.24) is 0 Å². The van der Waals surface area contributed by atoms with E-state index in [1.54, 1.807) is 48.5 Å². The van der Waals surface area contributed by atoms with Crippen molar-refractivity contribution in [3.8, 4) is 0 Å². The quantitative estimate of drug-likeness (QED) is 0.493. The third kappa shape index (κ3) is 3.71. The summed E-state index contributed by atoms with van der Waals surface area (Å²) in [5, 5.41) is 0. The molecule has 18 heavy (non-hydrogen) atoms. The Balaban J connectivity index is 0.00000144. The summed E-state index contributed by atoms with van der Waals surface area (Å²) in [6.07, 6.45) is 0. The number of carbonyl (C=O) groups is 2. The van der Waals surface area contributed by atoms with E-state index in [1.165, 1.54) is 0 Å². The van der Waals surface area contributed by atoms with Crippen LogP contribution in [0.4, 0.5) is 0 Å². The molecule has 2 aromatic carbocycles. The van der Waals surface area contributed by atoms with Gasteiger partial charge in [-0.1, -0.05) is 68.1 Å². The molecule has 0 aliphatic heterocycles. The molecule has 0 fully saturated rings. The summed E-state index contributed by atoms with van der Waals surface area (Å²) in [7, 11) is 0. The van der Waals surface area contributed by atoms with Crippen LogP contribution in [0.1, 0.15) is 28.1 Å². The summed E-state index contributed by atoms with van der Waals surface area (Å²) in [5.74, 6) is -0.932. The minimum absolute atomic E-state index is 0. The van der Waals surface area contributed by atoms with Crippen molar-refractivity contribution in [1.29, 1.82) is 0 Å². The largest absolute Gasteiger partial charge is 0.285 e. The maximum absolute atomic E-state index is 11.8. The zero-order chi connectivity index (χ0) is 11.4. The third-order valence-electron chi connectivity index (χ3n) is 2.28. The average Bonchev–Trinajstić information content (AvgIpc) is 2.39. The molecule has 0 spiro atoms. The van der Waals surface area contributed by atoms with E-state index in [0.29, 0.717) is 11.1 Å². The first-order valence-electron chi connectivity index (χ1n) is 4.98. The fourth-order valence-electron chi connectivity index (χ4n) is 1.44. The van der Waals surface area contributed by atoms with Gasteiger partial charge in [-0.05, 0) is 0 Å². The van der Waals surface area contributed by atoms with Gasteiger partial charge in [0.2, 0.25) is 11.6 Å². The van der Waals surface area contributed by atoms with Crippen molar-refractivity contribution in [2.24, 2.45) is 0 Å². The van der Waals surface area contributed by atoms with E-state index in [0.717, 1.165) is 0 Å². The molecule has 0 aliphatic rings. The summed E-state index contributed by atoms with van der Waals surface area (Å²) >= 11 is 0. The Morgan fingerprint density at radius 1 is 0.611 bits per heavy atom. The fraction of sp³-hybridized carbons (Fsp3) is 0.0667. The van der Waals surface area contributed by atoms with Gasteiger partial charge in [-0.2, -0.15) is 0 Å². The standard InChI is InChI=1S/C14H10O2.CH4.Zn/c15-13(11-7-3-1-4-8-11)14(16)12-9-5-2-6-10-12;;/h1-10H;1H4;. The van der Waals surface area contributed by atoms with Crippen molar-refractivity contribution in [2.75, 3.05) is 0 Å². The first kappa shape index (κ1) is 16.4. The Morgan fingerprint density at radius 3 is 1.17 bits per heavy atom. The molecule has 0 aliphatic carbocycles. The number of benzene rings is 2. The molecule has 2 nitrogen and oxygen atoms in total. The van der Waals surface area contributed by atoms with Crippen LogP contribution in [0.25, 0.3) is 0 Å². The molecule has 3 heteroatoms. The summed E-state index contributed by atoms with van der Waals surface area (Å²) in [4.78, 5) is 23.6. The van der Waals surface area contributed by atoms with Crippen molar-refractivity contribution < 1.29 is 29.1 Å². The molecule has 88 valence electrons. The molecule has 0 radical (unpaired) electrons. The minimum atomic E-state index is -0.466.